The zero-order valence-corrected chi connectivity index (χ0v) is 17.6. The molecule has 0 saturated carbocycles. The molecule has 2 aromatic heterocycles. The third-order valence-corrected chi connectivity index (χ3v) is 5.50. The minimum atomic E-state index is 0.0866. The van der Waals surface area contributed by atoms with Gasteiger partial charge in [0.15, 0.2) is 10.9 Å². The summed E-state index contributed by atoms with van der Waals surface area (Å²) in [5, 5.41) is 4.88. The molecule has 0 fully saturated rings. The highest BCUT2D eigenvalue weighted by Gasteiger charge is 2.17. The van der Waals surface area contributed by atoms with Gasteiger partial charge in [-0.05, 0) is 39.0 Å². The fourth-order valence-electron chi connectivity index (χ4n) is 3.24. The van der Waals surface area contributed by atoms with Crippen molar-refractivity contribution in [1.82, 2.24) is 14.5 Å². The summed E-state index contributed by atoms with van der Waals surface area (Å²) in [6, 6.07) is 9.86. The van der Waals surface area contributed by atoms with Crippen LogP contribution in [0.1, 0.15) is 28.7 Å². The number of hydrogen-bond donors (Lipinski definition) is 1. The minimum absolute atomic E-state index is 0.0866. The smallest absolute Gasteiger partial charge is 0.190 e. The maximum absolute atomic E-state index is 12.8. The van der Waals surface area contributed by atoms with Crippen LogP contribution in [0.2, 0.25) is 0 Å². The number of Topliss-reactive ketones (excluding diaryl/α,β-unsaturated/α-hetero) is 1. The Balaban J connectivity index is 1.78. The molecule has 1 N–H and O–H groups in total. The topological polar surface area (TPSA) is 69.0 Å². The van der Waals surface area contributed by atoms with Crippen molar-refractivity contribution in [3.8, 4) is 0 Å². The fraction of sp³-hybridized carbons (Fsp3) is 0.381. The number of rotatable bonds is 9. The highest BCUT2D eigenvalue weighted by molar-refractivity contribution is 7.99. The molecular formula is C21H26N4O2S. The molecule has 2 heterocycles. The highest BCUT2D eigenvalue weighted by Crippen LogP contribution is 2.25. The van der Waals surface area contributed by atoms with E-state index in [2.05, 4.69) is 19.9 Å². The minimum Gasteiger partial charge on any atom is -0.383 e. The number of aromatic nitrogens is 3. The van der Waals surface area contributed by atoms with Crippen LogP contribution in [0.25, 0.3) is 10.9 Å². The Bertz CT molecular complexity index is 984. The summed E-state index contributed by atoms with van der Waals surface area (Å²) in [5.74, 6) is 1.20. The summed E-state index contributed by atoms with van der Waals surface area (Å²) in [6.45, 7) is 8.17. The average molecular weight is 399 g/mol. The van der Waals surface area contributed by atoms with Crippen LogP contribution in [0.5, 0.6) is 0 Å². The first-order valence-corrected chi connectivity index (χ1v) is 10.4. The van der Waals surface area contributed by atoms with Gasteiger partial charge < -0.3 is 14.6 Å². The van der Waals surface area contributed by atoms with Crippen LogP contribution in [-0.2, 0) is 11.3 Å². The van der Waals surface area contributed by atoms with Crippen LogP contribution in [0.15, 0.2) is 35.5 Å². The van der Waals surface area contributed by atoms with Gasteiger partial charge in [0.25, 0.3) is 0 Å². The van der Waals surface area contributed by atoms with Gasteiger partial charge >= 0.3 is 0 Å². The molecule has 28 heavy (non-hydrogen) atoms. The van der Waals surface area contributed by atoms with Gasteiger partial charge in [-0.3, -0.25) is 4.79 Å². The maximum Gasteiger partial charge on any atom is 0.190 e. The quantitative estimate of drug-likeness (QED) is 0.332. The third-order valence-electron chi connectivity index (χ3n) is 4.65. The fourth-order valence-corrected chi connectivity index (χ4v) is 3.97. The molecule has 0 bridgehead atoms. The molecule has 7 heteroatoms. The Morgan fingerprint density at radius 1 is 1.25 bits per heavy atom. The number of ether oxygens (including phenoxy) is 1. The molecule has 1 aromatic carbocycles. The van der Waals surface area contributed by atoms with Crippen LogP contribution < -0.4 is 5.32 Å². The standard InChI is InChI=1S/C21H26N4O2S/c1-5-22-20-16-8-6-7-9-18(16)23-21(24-20)28-13-19(26)17-12-14(2)25(15(17)3)10-11-27-4/h6-9,12H,5,10-11,13H2,1-4H3,(H,22,23,24). The Morgan fingerprint density at radius 3 is 2.79 bits per heavy atom. The largest absolute Gasteiger partial charge is 0.383 e. The number of para-hydroxylation sites is 1. The molecule has 0 unspecified atom stereocenters. The summed E-state index contributed by atoms with van der Waals surface area (Å²) in [6.07, 6.45) is 0. The number of hydrogen-bond acceptors (Lipinski definition) is 6. The second-order valence-corrected chi connectivity index (χ2v) is 7.49. The van der Waals surface area contributed by atoms with Gasteiger partial charge in [0.2, 0.25) is 0 Å². The SMILES string of the molecule is CCNc1nc(SCC(=O)c2cc(C)n(CCOC)c2C)nc2ccccc12. The predicted octanol–water partition coefficient (Wildman–Crippen LogP) is 4.10. The Hall–Kier alpha value is -2.38. The van der Waals surface area contributed by atoms with Gasteiger partial charge in [0.1, 0.15) is 5.82 Å². The monoisotopic (exact) mass is 398 g/mol. The lowest BCUT2D eigenvalue weighted by molar-refractivity contribution is 0.102. The molecule has 0 aliphatic rings. The first-order valence-electron chi connectivity index (χ1n) is 9.37. The van der Waals surface area contributed by atoms with Crippen molar-refractivity contribution >= 4 is 34.3 Å². The Labute approximate surface area is 169 Å². The number of carbonyl (C=O) groups excluding carboxylic acids is 1. The molecule has 3 aromatic rings. The van der Waals surface area contributed by atoms with E-state index in [1.54, 1.807) is 7.11 Å². The summed E-state index contributed by atoms with van der Waals surface area (Å²) in [5.41, 5.74) is 3.68. The molecule has 0 saturated heterocycles. The predicted molar refractivity (Wildman–Crippen MR) is 115 cm³/mol. The van der Waals surface area contributed by atoms with Crippen LogP contribution in [0, 0.1) is 13.8 Å². The van der Waals surface area contributed by atoms with Crippen molar-refractivity contribution in [2.24, 2.45) is 0 Å². The molecule has 0 spiro atoms. The summed E-state index contributed by atoms with van der Waals surface area (Å²) in [7, 11) is 1.68. The zero-order valence-electron chi connectivity index (χ0n) is 16.8. The first-order chi connectivity index (χ1) is 13.5. The van der Waals surface area contributed by atoms with E-state index in [4.69, 9.17) is 4.74 Å². The molecular weight excluding hydrogens is 372 g/mol. The van der Waals surface area contributed by atoms with Gasteiger partial charge in [0.05, 0.1) is 17.9 Å². The van der Waals surface area contributed by atoms with Crippen LogP contribution in [0.3, 0.4) is 0 Å². The summed E-state index contributed by atoms with van der Waals surface area (Å²) >= 11 is 1.37. The van der Waals surface area contributed by atoms with Crippen LogP contribution >= 0.6 is 11.8 Å². The van der Waals surface area contributed by atoms with Crippen molar-refractivity contribution in [3.05, 3.63) is 47.3 Å². The van der Waals surface area contributed by atoms with Crippen molar-refractivity contribution in [2.45, 2.75) is 32.5 Å². The van der Waals surface area contributed by atoms with Gasteiger partial charge in [-0.15, -0.1) is 0 Å². The second-order valence-electron chi connectivity index (χ2n) is 6.54. The van der Waals surface area contributed by atoms with E-state index in [1.807, 2.05) is 51.1 Å². The van der Waals surface area contributed by atoms with E-state index >= 15 is 0 Å². The van der Waals surface area contributed by atoms with Crippen molar-refractivity contribution in [3.63, 3.8) is 0 Å². The lowest BCUT2D eigenvalue weighted by Gasteiger charge is -2.09. The number of benzene rings is 1. The summed E-state index contributed by atoms with van der Waals surface area (Å²) in [4.78, 5) is 22.0. The number of thioether (sulfide) groups is 1. The van der Waals surface area contributed by atoms with Gasteiger partial charge in [-0.2, -0.15) is 0 Å². The number of fused-ring (bicyclic) bond motifs is 1. The lowest BCUT2D eigenvalue weighted by atomic mass is 10.2. The number of anilines is 1. The molecule has 148 valence electrons. The van der Waals surface area contributed by atoms with Crippen molar-refractivity contribution < 1.29 is 9.53 Å². The van der Waals surface area contributed by atoms with Gasteiger partial charge in [-0.1, -0.05) is 23.9 Å². The Kier molecular flexibility index (Phi) is 6.70. The molecule has 0 radical (unpaired) electrons. The van der Waals surface area contributed by atoms with Crippen LogP contribution in [0.4, 0.5) is 5.82 Å². The molecule has 0 atom stereocenters. The molecule has 0 aliphatic carbocycles. The van der Waals surface area contributed by atoms with Gasteiger partial charge in [-0.25, -0.2) is 9.97 Å². The number of carbonyl (C=O) groups is 1. The van der Waals surface area contributed by atoms with E-state index in [0.717, 1.165) is 46.8 Å². The number of aryl methyl sites for hydroxylation is 1. The van der Waals surface area contributed by atoms with E-state index in [9.17, 15) is 4.79 Å². The number of nitrogens with zero attached hydrogens (tertiary/aromatic N) is 3. The van der Waals surface area contributed by atoms with Crippen LogP contribution in [-0.4, -0.2) is 46.3 Å². The summed E-state index contributed by atoms with van der Waals surface area (Å²) < 4.78 is 7.29. The molecule has 0 aliphatic heterocycles. The van der Waals surface area contributed by atoms with E-state index < -0.39 is 0 Å². The molecule has 0 amide bonds. The Morgan fingerprint density at radius 2 is 2.04 bits per heavy atom. The molecule has 3 rings (SSSR count). The van der Waals surface area contributed by atoms with Gasteiger partial charge in [0, 0.05) is 42.5 Å². The first kappa shape index (κ1) is 20.4. The van der Waals surface area contributed by atoms with Crippen molar-refractivity contribution in [2.75, 3.05) is 31.3 Å². The maximum atomic E-state index is 12.8. The third kappa shape index (κ3) is 4.36. The highest BCUT2D eigenvalue weighted by atomic mass is 32.2. The van der Waals surface area contributed by atoms with E-state index in [-0.39, 0.29) is 5.78 Å². The number of ketones is 1. The van der Waals surface area contributed by atoms with E-state index in [0.29, 0.717) is 17.5 Å². The zero-order chi connectivity index (χ0) is 20.1. The second kappa shape index (κ2) is 9.21. The lowest BCUT2D eigenvalue weighted by Crippen LogP contribution is -2.10. The number of methoxy groups -OCH3 is 1. The van der Waals surface area contributed by atoms with Crippen molar-refractivity contribution in [1.29, 1.82) is 0 Å². The number of nitrogens with one attached hydrogen (secondary N) is 1. The molecule has 6 nitrogen and oxygen atoms in total. The average Bonchev–Trinajstić information content (AvgIpc) is 2.98. The normalized spacial score (nSPS) is 11.1. The van der Waals surface area contributed by atoms with E-state index in [1.165, 1.54) is 11.8 Å².